The van der Waals surface area contributed by atoms with Gasteiger partial charge in [-0.1, -0.05) is 12.1 Å². The molecule has 1 aromatic heterocycles. The number of nitrogens with one attached hydrogen (secondary N) is 1. The number of aromatic nitrogens is 1. The molecular formula is C16H15N3O2. The lowest BCUT2D eigenvalue weighted by molar-refractivity contribution is -0.116. The van der Waals surface area contributed by atoms with E-state index in [4.69, 9.17) is 4.42 Å². The first-order valence-electron chi connectivity index (χ1n) is 6.60. The Morgan fingerprint density at radius 1 is 1.14 bits per heavy atom. The molecule has 1 heterocycles. The number of nitrogens with zero attached hydrogens (tertiary/aromatic N) is 2. The third-order valence-corrected chi connectivity index (χ3v) is 3.27. The summed E-state index contributed by atoms with van der Waals surface area (Å²) >= 11 is 0. The van der Waals surface area contributed by atoms with Crippen LogP contribution in [0.4, 0.5) is 17.4 Å². The first kappa shape index (κ1) is 13.2. The van der Waals surface area contributed by atoms with Crippen LogP contribution in [0.15, 0.2) is 52.9 Å². The van der Waals surface area contributed by atoms with Crippen molar-refractivity contribution in [2.24, 2.45) is 0 Å². The summed E-state index contributed by atoms with van der Waals surface area (Å²) < 4.78 is 5.60. The fourth-order valence-electron chi connectivity index (χ4n) is 2.00. The van der Waals surface area contributed by atoms with Crippen molar-refractivity contribution in [2.75, 3.05) is 17.3 Å². The van der Waals surface area contributed by atoms with Crippen molar-refractivity contribution in [3.05, 3.63) is 48.5 Å². The van der Waals surface area contributed by atoms with E-state index in [9.17, 15) is 4.79 Å². The van der Waals surface area contributed by atoms with E-state index in [1.165, 1.54) is 6.92 Å². The zero-order valence-corrected chi connectivity index (χ0v) is 11.8. The average molecular weight is 281 g/mol. The van der Waals surface area contributed by atoms with Crippen molar-refractivity contribution in [3.8, 4) is 0 Å². The third kappa shape index (κ3) is 2.72. The molecule has 1 N–H and O–H groups in total. The molecule has 3 aromatic rings. The second kappa shape index (κ2) is 5.28. The van der Waals surface area contributed by atoms with E-state index in [0.29, 0.717) is 6.01 Å². The molecule has 0 radical (unpaired) electrons. The number of para-hydroxylation sites is 2. The summed E-state index contributed by atoms with van der Waals surface area (Å²) in [5.74, 6) is -0.00494. The lowest BCUT2D eigenvalue weighted by Crippen LogP contribution is -2.22. The molecule has 0 aliphatic carbocycles. The lowest BCUT2D eigenvalue weighted by atomic mass is 10.2. The molecule has 0 saturated carbocycles. The molecule has 0 saturated heterocycles. The maximum Gasteiger partial charge on any atom is 0.300 e. The number of amides is 1. The minimum atomic E-state index is -0.00494. The minimum absolute atomic E-state index is 0.00494. The topological polar surface area (TPSA) is 58.4 Å². The van der Waals surface area contributed by atoms with E-state index >= 15 is 0 Å². The van der Waals surface area contributed by atoms with Crippen molar-refractivity contribution in [2.45, 2.75) is 6.92 Å². The van der Waals surface area contributed by atoms with E-state index < -0.39 is 0 Å². The first-order chi connectivity index (χ1) is 10.1. The van der Waals surface area contributed by atoms with Crippen LogP contribution in [0.1, 0.15) is 6.92 Å². The van der Waals surface area contributed by atoms with Crippen molar-refractivity contribution in [1.82, 2.24) is 4.98 Å². The molecule has 0 fully saturated rings. The van der Waals surface area contributed by atoms with Gasteiger partial charge in [-0.15, -0.1) is 0 Å². The van der Waals surface area contributed by atoms with Gasteiger partial charge in [0.05, 0.1) is 0 Å². The molecule has 0 bridgehead atoms. The second-order valence-electron chi connectivity index (χ2n) is 4.74. The molecule has 106 valence electrons. The normalized spacial score (nSPS) is 10.6. The molecule has 3 rings (SSSR count). The highest BCUT2D eigenvalue weighted by molar-refractivity contribution is 5.91. The van der Waals surface area contributed by atoms with Crippen molar-refractivity contribution in [3.63, 3.8) is 0 Å². The molecule has 0 unspecified atom stereocenters. The molecular weight excluding hydrogens is 266 g/mol. The summed E-state index contributed by atoms with van der Waals surface area (Å²) in [7, 11) is 1.74. The Labute approximate surface area is 122 Å². The largest absolute Gasteiger partial charge is 0.423 e. The van der Waals surface area contributed by atoms with E-state index in [1.54, 1.807) is 11.9 Å². The summed E-state index contributed by atoms with van der Waals surface area (Å²) in [6.07, 6.45) is 0. The van der Waals surface area contributed by atoms with Gasteiger partial charge in [0.15, 0.2) is 5.58 Å². The van der Waals surface area contributed by atoms with Gasteiger partial charge in [0, 0.05) is 25.3 Å². The van der Waals surface area contributed by atoms with Gasteiger partial charge in [-0.2, -0.15) is 4.98 Å². The van der Waals surface area contributed by atoms with E-state index in [1.807, 2.05) is 48.5 Å². The minimum Gasteiger partial charge on any atom is -0.423 e. The Morgan fingerprint density at radius 2 is 1.86 bits per heavy atom. The molecule has 1 amide bonds. The van der Waals surface area contributed by atoms with Crippen molar-refractivity contribution < 1.29 is 9.21 Å². The molecule has 0 aliphatic heterocycles. The van der Waals surface area contributed by atoms with Gasteiger partial charge in [-0.05, 0) is 36.4 Å². The van der Waals surface area contributed by atoms with Crippen molar-refractivity contribution >= 4 is 34.4 Å². The molecule has 5 heteroatoms. The van der Waals surface area contributed by atoms with Crippen LogP contribution in [0, 0.1) is 0 Å². The van der Waals surface area contributed by atoms with Crippen LogP contribution in [0.3, 0.4) is 0 Å². The van der Waals surface area contributed by atoms with Gasteiger partial charge in [0.2, 0.25) is 5.91 Å². The van der Waals surface area contributed by atoms with E-state index in [0.717, 1.165) is 22.5 Å². The summed E-state index contributed by atoms with van der Waals surface area (Å²) in [5.41, 5.74) is 3.24. The highest BCUT2D eigenvalue weighted by atomic mass is 16.4. The maximum absolute atomic E-state index is 11.3. The fraction of sp³-hybridized carbons (Fsp3) is 0.125. The highest BCUT2D eigenvalue weighted by Gasteiger charge is 2.07. The Bertz CT molecular complexity index is 745. The highest BCUT2D eigenvalue weighted by Crippen LogP contribution is 2.23. The molecule has 5 nitrogen and oxygen atoms in total. The van der Waals surface area contributed by atoms with Crippen molar-refractivity contribution in [1.29, 1.82) is 0 Å². The van der Waals surface area contributed by atoms with Gasteiger partial charge in [-0.25, -0.2) is 0 Å². The summed E-state index contributed by atoms with van der Waals surface area (Å²) in [6, 6.07) is 15.5. The molecule has 0 spiro atoms. The zero-order chi connectivity index (χ0) is 14.8. The first-order valence-corrected chi connectivity index (χ1v) is 6.60. The second-order valence-corrected chi connectivity index (χ2v) is 4.74. The van der Waals surface area contributed by atoms with Crippen LogP contribution in [0.25, 0.3) is 11.1 Å². The molecule has 2 aromatic carbocycles. The zero-order valence-electron chi connectivity index (χ0n) is 11.8. The number of carbonyl (C=O) groups excluding carboxylic acids is 1. The SMILES string of the molecule is CC(=O)N(C)c1ccc(Nc2nc3ccccc3o2)cc1. The maximum atomic E-state index is 11.3. The Balaban J connectivity index is 1.80. The number of fused-ring (bicyclic) bond motifs is 1. The van der Waals surface area contributed by atoms with Gasteiger partial charge in [0.25, 0.3) is 6.01 Å². The summed E-state index contributed by atoms with van der Waals surface area (Å²) in [5, 5.41) is 3.11. The van der Waals surface area contributed by atoms with Crippen LogP contribution < -0.4 is 10.2 Å². The average Bonchev–Trinajstić information content (AvgIpc) is 2.89. The lowest BCUT2D eigenvalue weighted by Gasteiger charge is -2.15. The number of hydrogen-bond acceptors (Lipinski definition) is 4. The Hall–Kier alpha value is -2.82. The number of rotatable bonds is 3. The monoisotopic (exact) mass is 281 g/mol. The third-order valence-electron chi connectivity index (χ3n) is 3.27. The van der Waals surface area contributed by atoms with Crippen LogP contribution in [-0.2, 0) is 4.79 Å². The number of benzene rings is 2. The fourth-order valence-corrected chi connectivity index (χ4v) is 2.00. The van der Waals surface area contributed by atoms with Gasteiger partial charge >= 0.3 is 0 Å². The smallest absolute Gasteiger partial charge is 0.300 e. The number of oxazole rings is 1. The number of hydrogen-bond donors (Lipinski definition) is 1. The molecule has 0 atom stereocenters. The number of anilines is 3. The number of carbonyl (C=O) groups is 1. The van der Waals surface area contributed by atoms with Gasteiger partial charge in [-0.3, -0.25) is 4.79 Å². The van der Waals surface area contributed by atoms with Crippen LogP contribution in [0.5, 0.6) is 0 Å². The predicted octanol–water partition coefficient (Wildman–Crippen LogP) is 3.55. The van der Waals surface area contributed by atoms with Crippen LogP contribution in [0.2, 0.25) is 0 Å². The Morgan fingerprint density at radius 3 is 2.52 bits per heavy atom. The van der Waals surface area contributed by atoms with Crippen LogP contribution in [-0.4, -0.2) is 17.9 Å². The predicted molar refractivity (Wildman–Crippen MR) is 82.8 cm³/mol. The van der Waals surface area contributed by atoms with E-state index in [2.05, 4.69) is 10.3 Å². The van der Waals surface area contributed by atoms with Crippen LogP contribution >= 0.6 is 0 Å². The van der Waals surface area contributed by atoms with Gasteiger partial charge in [0.1, 0.15) is 5.52 Å². The summed E-state index contributed by atoms with van der Waals surface area (Å²) in [4.78, 5) is 17.2. The molecule has 0 aliphatic rings. The Kier molecular flexibility index (Phi) is 3.31. The quantitative estimate of drug-likeness (QED) is 0.797. The summed E-state index contributed by atoms with van der Waals surface area (Å²) in [6.45, 7) is 1.53. The molecule has 21 heavy (non-hydrogen) atoms. The van der Waals surface area contributed by atoms with E-state index in [-0.39, 0.29) is 5.91 Å². The van der Waals surface area contributed by atoms with Gasteiger partial charge < -0.3 is 14.6 Å². The standard InChI is InChI=1S/C16H15N3O2/c1-11(20)19(2)13-9-7-12(8-10-13)17-16-18-14-5-3-4-6-15(14)21-16/h3-10H,1-2H3,(H,17,18).